The molecule has 4 amide bonds. The normalized spacial score (nSPS) is 13.2. The number of carbonyl (C=O) groups is 3. The molecule has 0 saturated heterocycles. The maximum Gasteiger partial charge on any atom is 0.420 e. The summed E-state index contributed by atoms with van der Waals surface area (Å²) in [5, 5.41) is 4.51. The molecule has 0 bridgehead atoms. The third-order valence-electron chi connectivity index (χ3n) is 4.09. The number of methoxy groups -OCH3 is 1. The highest BCUT2D eigenvalue weighted by Gasteiger charge is 2.32. The molecule has 0 saturated carbocycles. The Morgan fingerprint density at radius 2 is 1.93 bits per heavy atom. The van der Waals surface area contributed by atoms with Crippen LogP contribution < -0.4 is 10.0 Å². The molecule has 1 aliphatic rings. The summed E-state index contributed by atoms with van der Waals surface area (Å²) in [4.78, 5) is 37.1. The van der Waals surface area contributed by atoms with E-state index in [1.54, 1.807) is 16.9 Å². The molecule has 28 heavy (non-hydrogen) atoms. The summed E-state index contributed by atoms with van der Waals surface area (Å²) < 4.78 is 30.0. The lowest BCUT2D eigenvalue weighted by Gasteiger charge is -2.15. The first-order chi connectivity index (χ1) is 13.3. The molecule has 2 N–H and O–H groups in total. The van der Waals surface area contributed by atoms with Gasteiger partial charge in [-0.05, 0) is 41.1 Å². The van der Waals surface area contributed by atoms with E-state index >= 15 is 0 Å². The van der Waals surface area contributed by atoms with Gasteiger partial charge in [-0.2, -0.15) is 0 Å². The van der Waals surface area contributed by atoms with Crippen molar-refractivity contribution in [2.75, 3.05) is 13.7 Å². The van der Waals surface area contributed by atoms with Crippen molar-refractivity contribution in [3.63, 3.8) is 0 Å². The number of hydrogen-bond donors (Lipinski definition) is 2. The van der Waals surface area contributed by atoms with E-state index in [4.69, 9.17) is 0 Å². The lowest BCUT2D eigenvalue weighted by Crippen LogP contribution is -2.40. The number of urea groups is 1. The SMILES string of the molecule is COC(=O)NS(=O)(=O)c1ccc(CCNC(=O)N2Cc3ccsc3C2=O)cc1. The predicted octanol–water partition coefficient (Wildman–Crippen LogP) is 1.70. The van der Waals surface area contributed by atoms with Gasteiger partial charge in [0.05, 0.1) is 23.4 Å². The molecule has 2 aromatic rings. The summed E-state index contributed by atoms with van der Waals surface area (Å²) >= 11 is 1.32. The first kappa shape index (κ1) is 19.8. The predicted molar refractivity (Wildman–Crippen MR) is 100 cm³/mol. The molecule has 3 rings (SSSR count). The van der Waals surface area contributed by atoms with Gasteiger partial charge in [-0.25, -0.2) is 22.7 Å². The summed E-state index contributed by atoms with van der Waals surface area (Å²) in [6.45, 7) is 0.548. The Kier molecular flexibility index (Phi) is 5.66. The number of imide groups is 1. The molecule has 0 fully saturated rings. The number of nitrogens with zero attached hydrogens (tertiary/aromatic N) is 1. The van der Waals surface area contributed by atoms with E-state index in [9.17, 15) is 22.8 Å². The number of nitrogens with one attached hydrogen (secondary N) is 2. The Morgan fingerprint density at radius 1 is 1.21 bits per heavy atom. The fraction of sp³-hybridized carbons (Fsp3) is 0.235. The van der Waals surface area contributed by atoms with Gasteiger partial charge in [0.2, 0.25) is 0 Å². The van der Waals surface area contributed by atoms with E-state index < -0.39 is 22.1 Å². The number of hydrogen-bond acceptors (Lipinski definition) is 7. The Labute approximate surface area is 165 Å². The highest BCUT2D eigenvalue weighted by Crippen LogP contribution is 2.27. The second-order valence-electron chi connectivity index (χ2n) is 5.89. The molecule has 1 aliphatic heterocycles. The second-order valence-corrected chi connectivity index (χ2v) is 8.49. The van der Waals surface area contributed by atoms with Gasteiger partial charge >= 0.3 is 12.1 Å². The van der Waals surface area contributed by atoms with Crippen molar-refractivity contribution >= 4 is 39.4 Å². The molecular weight excluding hydrogens is 406 g/mol. The summed E-state index contributed by atoms with van der Waals surface area (Å²) in [7, 11) is -2.93. The van der Waals surface area contributed by atoms with Crippen molar-refractivity contribution in [2.45, 2.75) is 17.9 Å². The summed E-state index contributed by atoms with van der Waals surface area (Å²) in [5.41, 5.74) is 1.63. The molecule has 0 spiro atoms. The van der Waals surface area contributed by atoms with Crippen molar-refractivity contribution in [1.29, 1.82) is 0 Å². The summed E-state index contributed by atoms with van der Waals surface area (Å²) in [5.74, 6) is -0.296. The fourth-order valence-corrected chi connectivity index (χ4v) is 4.41. The molecular formula is C17H17N3O6S2. The number of sulfonamides is 1. The van der Waals surface area contributed by atoms with Gasteiger partial charge in [0.1, 0.15) is 0 Å². The zero-order chi connectivity index (χ0) is 20.3. The third kappa shape index (κ3) is 4.15. The standard InChI is InChI=1S/C17H17N3O6S2/c1-26-17(23)19-28(24,25)13-4-2-11(3-5-13)6-8-18-16(22)20-10-12-7-9-27-14(12)15(20)21/h2-5,7,9H,6,8,10H2,1H3,(H,18,22)(H,19,23). The smallest absolute Gasteiger partial charge is 0.420 e. The fourth-order valence-electron chi connectivity index (χ4n) is 2.63. The molecule has 148 valence electrons. The van der Waals surface area contributed by atoms with E-state index in [2.05, 4.69) is 10.1 Å². The van der Waals surface area contributed by atoms with Gasteiger partial charge in [-0.15, -0.1) is 11.3 Å². The van der Waals surface area contributed by atoms with Crippen LogP contribution >= 0.6 is 11.3 Å². The van der Waals surface area contributed by atoms with E-state index in [0.717, 1.165) is 23.1 Å². The van der Waals surface area contributed by atoms with Crippen molar-refractivity contribution in [3.05, 3.63) is 51.7 Å². The Bertz CT molecular complexity index is 1010. The number of amides is 4. The highest BCUT2D eigenvalue weighted by molar-refractivity contribution is 7.90. The van der Waals surface area contributed by atoms with Gasteiger partial charge < -0.3 is 10.1 Å². The first-order valence-electron chi connectivity index (χ1n) is 8.17. The van der Waals surface area contributed by atoms with Crippen molar-refractivity contribution in [2.24, 2.45) is 0 Å². The Balaban J connectivity index is 1.52. The maximum atomic E-state index is 12.2. The molecule has 0 atom stereocenters. The van der Waals surface area contributed by atoms with E-state index in [0.29, 0.717) is 11.3 Å². The van der Waals surface area contributed by atoms with Crippen LogP contribution in [0.15, 0.2) is 40.6 Å². The van der Waals surface area contributed by atoms with Crippen LogP contribution in [0.1, 0.15) is 20.8 Å². The Morgan fingerprint density at radius 3 is 2.57 bits per heavy atom. The molecule has 9 nitrogen and oxygen atoms in total. The van der Waals surface area contributed by atoms with Gasteiger partial charge in [0.15, 0.2) is 0 Å². The topological polar surface area (TPSA) is 122 Å². The van der Waals surface area contributed by atoms with Gasteiger partial charge in [-0.3, -0.25) is 9.69 Å². The monoisotopic (exact) mass is 423 g/mol. The third-order valence-corrected chi connectivity index (χ3v) is 6.36. The highest BCUT2D eigenvalue weighted by atomic mass is 32.2. The van der Waals surface area contributed by atoms with Crippen LogP contribution in [0.2, 0.25) is 0 Å². The molecule has 0 unspecified atom stereocenters. The molecule has 1 aromatic carbocycles. The van der Waals surface area contributed by atoms with Crippen LogP contribution in [0.5, 0.6) is 0 Å². The lowest BCUT2D eigenvalue weighted by molar-refractivity contribution is 0.0824. The lowest BCUT2D eigenvalue weighted by atomic mass is 10.1. The van der Waals surface area contributed by atoms with Crippen LogP contribution in [0, 0.1) is 0 Å². The number of rotatable bonds is 5. The van der Waals surface area contributed by atoms with Crippen LogP contribution in [0.25, 0.3) is 0 Å². The average Bonchev–Trinajstić information content (AvgIpc) is 3.25. The molecule has 2 heterocycles. The quantitative estimate of drug-likeness (QED) is 0.755. The minimum Gasteiger partial charge on any atom is -0.452 e. The van der Waals surface area contributed by atoms with Crippen molar-refractivity contribution in [1.82, 2.24) is 14.9 Å². The zero-order valence-corrected chi connectivity index (χ0v) is 16.4. The van der Waals surface area contributed by atoms with Gasteiger partial charge in [0.25, 0.3) is 15.9 Å². The number of thiophene rings is 1. The molecule has 1 aromatic heterocycles. The number of fused-ring (bicyclic) bond motifs is 1. The van der Waals surface area contributed by atoms with Crippen LogP contribution in [-0.2, 0) is 27.7 Å². The van der Waals surface area contributed by atoms with Gasteiger partial charge in [-0.1, -0.05) is 12.1 Å². The number of carbonyl (C=O) groups excluding carboxylic acids is 3. The van der Waals surface area contributed by atoms with E-state index in [-0.39, 0.29) is 23.9 Å². The van der Waals surface area contributed by atoms with Crippen LogP contribution in [-0.4, -0.2) is 45.0 Å². The second kappa shape index (κ2) is 7.98. The van der Waals surface area contributed by atoms with E-state index in [1.165, 1.54) is 23.5 Å². The van der Waals surface area contributed by atoms with E-state index in [1.807, 2.05) is 11.4 Å². The molecule has 11 heteroatoms. The summed E-state index contributed by atoms with van der Waals surface area (Å²) in [6, 6.07) is 7.23. The van der Waals surface area contributed by atoms with Crippen LogP contribution in [0.4, 0.5) is 9.59 Å². The maximum absolute atomic E-state index is 12.2. The largest absolute Gasteiger partial charge is 0.452 e. The minimum absolute atomic E-state index is 0.0838. The Hall–Kier alpha value is -2.92. The minimum atomic E-state index is -4.00. The zero-order valence-electron chi connectivity index (χ0n) is 14.8. The van der Waals surface area contributed by atoms with Crippen molar-refractivity contribution in [3.8, 4) is 0 Å². The molecule has 0 aliphatic carbocycles. The van der Waals surface area contributed by atoms with Crippen molar-refractivity contribution < 1.29 is 27.5 Å². The summed E-state index contributed by atoms with van der Waals surface area (Å²) in [6.07, 6.45) is -0.627. The van der Waals surface area contributed by atoms with Gasteiger partial charge in [0, 0.05) is 6.54 Å². The number of benzene rings is 1. The van der Waals surface area contributed by atoms with Crippen LogP contribution in [0.3, 0.4) is 0 Å². The number of ether oxygens (including phenoxy) is 1. The average molecular weight is 423 g/mol. The molecule has 0 radical (unpaired) electrons. The first-order valence-corrected chi connectivity index (χ1v) is 10.5.